The number of amides is 4. The van der Waals surface area contributed by atoms with Gasteiger partial charge in [0.05, 0.1) is 0 Å². The molecule has 3 heterocycles. The van der Waals surface area contributed by atoms with Crippen LogP contribution in [0.2, 0.25) is 0 Å². The molecule has 0 bridgehead atoms. The molecule has 116 valence electrons. The molecule has 4 amide bonds. The SMILES string of the molecule is CC1CCN(c2ccc(C=C3C(=O)NC(=O)NC3=O)o2)CC1. The Morgan fingerprint density at radius 3 is 2.41 bits per heavy atom. The number of nitrogens with one attached hydrogen (secondary N) is 2. The number of carbonyl (C=O) groups is 3. The molecule has 1 aromatic heterocycles. The third kappa shape index (κ3) is 2.88. The second-order valence-corrected chi connectivity index (χ2v) is 5.64. The number of barbiturate groups is 1. The standard InChI is InChI=1S/C15H17N3O4/c1-9-4-6-18(7-5-9)12-3-2-10(22-12)8-11-13(19)16-15(21)17-14(11)20/h2-3,8-9H,4-7H2,1H3,(H2,16,17,19,20,21). The Labute approximate surface area is 127 Å². The van der Waals surface area contributed by atoms with Gasteiger partial charge in [0.15, 0.2) is 5.88 Å². The topological polar surface area (TPSA) is 91.7 Å². The largest absolute Gasteiger partial charge is 0.441 e. The summed E-state index contributed by atoms with van der Waals surface area (Å²) in [6.07, 6.45) is 3.57. The van der Waals surface area contributed by atoms with E-state index in [1.807, 2.05) is 16.7 Å². The molecule has 22 heavy (non-hydrogen) atoms. The van der Waals surface area contributed by atoms with Crippen molar-refractivity contribution in [2.75, 3.05) is 18.0 Å². The second-order valence-electron chi connectivity index (χ2n) is 5.64. The summed E-state index contributed by atoms with van der Waals surface area (Å²) in [5, 5.41) is 4.05. The lowest BCUT2D eigenvalue weighted by atomic mass is 9.99. The molecule has 7 heteroatoms. The molecular weight excluding hydrogens is 286 g/mol. The first kappa shape index (κ1) is 14.4. The minimum atomic E-state index is -0.810. The summed E-state index contributed by atoms with van der Waals surface area (Å²) in [5.74, 6) is 0.409. The Bertz CT molecular complexity index is 631. The van der Waals surface area contributed by atoms with Crippen molar-refractivity contribution in [2.45, 2.75) is 19.8 Å². The Morgan fingerprint density at radius 2 is 1.77 bits per heavy atom. The highest BCUT2D eigenvalue weighted by Gasteiger charge is 2.28. The highest BCUT2D eigenvalue weighted by molar-refractivity contribution is 6.30. The molecule has 0 atom stereocenters. The van der Waals surface area contributed by atoms with Crippen LogP contribution in [0.25, 0.3) is 6.08 Å². The van der Waals surface area contributed by atoms with Crippen LogP contribution >= 0.6 is 0 Å². The summed E-state index contributed by atoms with van der Waals surface area (Å²) in [6, 6.07) is 2.72. The fourth-order valence-corrected chi connectivity index (χ4v) is 2.57. The van der Waals surface area contributed by atoms with Crippen LogP contribution in [0.3, 0.4) is 0 Å². The fraction of sp³-hybridized carbons (Fsp3) is 0.400. The van der Waals surface area contributed by atoms with E-state index in [1.165, 1.54) is 6.08 Å². The summed E-state index contributed by atoms with van der Waals surface area (Å²) in [7, 11) is 0. The van der Waals surface area contributed by atoms with E-state index in [1.54, 1.807) is 6.07 Å². The molecule has 2 fully saturated rings. The molecule has 2 saturated heterocycles. The van der Waals surface area contributed by atoms with Crippen molar-refractivity contribution in [1.82, 2.24) is 10.6 Å². The van der Waals surface area contributed by atoms with Gasteiger partial charge in [0.2, 0.25) is 0 Å². The van der Waals surface area contributed by atoms with Gasteiger partial charge < -0.3 is 9.32 Å². The van der Waals surface area contributed by atoms with Crippen molar-refractivity contribution in [3.8, 4) is 0 Å². The first-order valence-corrected chi connectivity index (χ1v) is 7.26. The van der Waals surface area contributed by atoms with Crippen LogP contribution in [0.15, 0.2) is 22.1 Å². The highest BCUT2D eigenvalue weighted by atomic mass is 16.4. The number of piperidine rings is 1. The number of furan rings is 1. The normalized spacial score (nSPS) is 20.0. The van der Waals surface area contributed by atoms with Crippen LogP contribution in [0.5, 0.6) is 0 Å². The molecule has 2 N–H and O–H groups in total. The Morgan fingerprint density at radius 1 is 1.14 bits per heavy atom. The summed E-state index contributed by atoms with van der Waals surface area (Å²) in [6.45, 7) is 4.09. The highest BCUT2D eigenvalue weighted by Crippen LogP contribution is 2.25. The van der Waals surface area contributed by atoms with E-state index in [0.29, 0.717) is 5.76 Å². The van der Waals surface area contributed by atoms with Gasteiger partial charge in [-0.1, -0.05) is 6.92 Å². The summed E-state index contributed by atoms with van der Waals surface area (Å²) in [4.78, 5) is 36.4. The van der Waals surface area contributed by atoms with Crippen LogP contribution in [0.4, 0.5) is 10.7 Å². The first-order chi connectivity index (χ1) is 10.5. The lowest BCUT2D eigenvalue weighted by Crippen LogP contribution is -2.51. The molecule has 2 aliphatic heterocycles. The average molecular weight is 303 g/mol. The third-order valence-electron chi connectivity index (χ3n) is 3.94. The van der Waals surface area contributed by atoms with Gasteiger partial charge in [0.25, 0.3) is 11.8 Å². The van der Waals surface area contributed by atoms with Crippen LogP contribution in [-0.2, 0) is 9.59 Å². The van der Waals surface area contributed by atoms with E-state index in [0.717, 1.165) is 37.7 Å². The molecule has 0 aliphatic carbocycles. The summed E-state index contributed by atoms with van der Waals surface area (Å²) in [5.41, 5.74) is -0.146. The number of anilines is 1. The maximum absolute atomic E-state index is 11.7. The van der Waals surface area contributed by atoms with Gasteiger partial charge in [0, 0.05) is 19.2 Å². The van der Waals surface area contributed by atoms with E-state index in [2.05, 4.69) is 11.8 Å². The van der Waals surface area contributed by atoms with Crippen LogP contribution in [0, 0.1) is 5.92 Å². The minimum absolute atomic E-state index is 0.146. The monoisotopic (exact) mass is 303 g/mol. The lowest BCUT2D eigenvalue weighted by Gasteiger charge is -2.29. The van der Waals surface area contributed by atoms with Gasteiger partial charge >= 0.3 is 6.03 Å². The van der Waals surface area contributed by atoms with Crippen molar-refractivity contribution >= 4 is 29.8 Å². The van der Waals surface area contributed by atoms with Gasteiger partial charge in [-0.15, -0.1) is 0 Å². The number of nitrogens with zero attached hydrogens (tertiary/aromatic N) is 1. The van der Waals surface area contributed by atoms with Gasteiger partial charge in [-0.3, -0.25) is 20.2 Å². The van der Waals surface area contributed by atoms with E-state index in [9.17, 15) is 14.4 Å². The molecule has 0 aromatic carbocycles. The zero-order valence-corrected chi connectivity index (χ0v) is 12.2. The van der Waals surface area contributed by atoms with E-state index >= 15 is 0 Å². The first-order valence-electron chi connectivity index (χ1n) is 7.26. The molecule has 1 aromatic rings. The molecule has 7 nitrogen and oxygen atoms in total. The number of urea groups is 1. The maximum Gasteiger partial charge on any atom is 0.328 e. The predicted molar refractivity (Wildman–Crippen MR) is 79.0 cm³/mol. The number of rotatable bonds is 2. The van der Waals surface area contributed by atoms with Crippen LogP contribution in [-0.4, -0.2) is 30.9 Å². The molecule has 0 radical (unpaired) electrons. The quantitative estimate of drug-likeness (QED) is 0.634. The summed E-state index contributed by atoms with van der Waals surface area (Å²) >= 11 is 0. The predicted octanol–water partition coefficient (Wildman–Crippen LogP) is 1.27. The molecule has 2 aliphatic rings. The van der Waals surface area contributed by atoms with Crippen molar-refractivity contribution in [2.24, 2.45) is 5.92 Å². The van der Waals surface area contributed by atoms with Crippen molar-refractivity contribution < 1.29 is 18.8 Å². The van der Waals surface area contributed by atoms with Gasteiger partial charge in [-0.05, 0) is 30.9 Å². The number of carbonyl (C=O) groups excluding carboxylic acids is 3. The molecule has 3 rings (SSSR count). The number of hydrogen-bond donors (Lipinski definition) is 2. The van der Waals surface area contributed by atoms with Gasteiger partial charge in [0.1, 0.15) is 11.3 Å². The molecule has 0 spiro atoms. The van der Waals surface area contributed by atoms with E-state index in [4.69, 9.17) is 4.42 Å². The zero-order chi connectivity index (χ0) is 15.7. The molecule has 0 saturated carbocycles. The zero-order valence-electron chi connectivity index (χ0n) is 12.2. The second kappa shape index (κ2) is 5.67. The van der Waals surface area contributed by atoms with Crippen molar-refractivity contribution in [3.63, 3.8) is 0 Å². The summed E-state index contributed by atoms with van der Waals surface area (Å²) < 4.78 is 5.69. The number of hydrogen-bond acceptors (Lipinski definition) is 5. The lowest BCUT2D eigenvalue weighted by molar-refractivity contribution is -0.123. The maximum atomic E-state index is 11.7. The molecular formula is C15H17N3O4. The Kier molecular flexibility index (Phi) is 3.70. The van der Waals surface area contributed by atoms with Gasteiger partial charge in [-0.2, -0.15) is 0 Å². The fourth-order valence-electron chi connectivity index (χ4n) is 2.57. The number of imide groups is 2. The smallest absolute Gasteiger partial charge is 0.328 e. The average Bonchev–Trinajstić information content (AvgIpc) is 2.92. The molecule has 0 unspecified atom stereocenters. The van der Waals surface area contributed by atoms with Crippen molar-refractivity contribution in [3.05, 3.63) is 23.5 Å². The Hall–Kier alpha value is -2.57. The van der Waals surface area contributed by atoms with E-state index in [-0.39, 0.29) is 5.57 Å². The van der Waals surface area contributed by atoms with Gasteiger partial charge in [-0.25, -0.2) is 4.79 Å². The van der Waals surface area contributed by atoms with Crippen molar-refractivity contribution in [1.29, 1.82) is 0 Å². The minimum Gasteiger partial charge on any atom is -0.441 e. The van der Waals surface area contributed by atoms with Crippen LogP contribution in [0.1, 0.15) is 25.5 Å². The Balaban J connectivity index is 1.76. The van der Waals surface area contributed by atoms with Crippen LogP contribution < -0.4 is 15.5 Å². The van der Waals surface area contributed by atoms with E-state index < -0.39 is 17.8 Å². The third-order valence-corrected chi connectivity index (χ3v) is 3.94.